The van der Waals surface area contributed by atoms with Crippen molar-refractivity contribution in [3.8, 4) is 10.7 Å². The van der Waals surface area contributed by atoms with Gasteiger partial charge in [-0.3, -0.25) is 0 Å². The van der Waals surface area contributed by atoms with Crippen molar-refractivity contribution in [2.45, 2.75) is 13.0 Å². The van der Waals surface area contributed by atoms with Crippen LogP contribution >= 0.6 is 23.1 Å². The molecule has 1 saturated heterocycles. The van der Waals surface area contributed by atoms with Crippen LogP contribution in [0.1, 0.15) is 16.8 Å². The first-order valence-corrected chi connectivity index (χ1v) is 7.51. The first-order chi connectivity index (χ1) is 8.33. The van der Waals surface area contributed by atoms with Gasteiger partial charge in [0, 0.05) is 22.9 Å². The van der Waals surface area contributed by atoms with Crippen LogP contribution in [-0.2, 0) is 0 Å². The Labute approximate surface area is 108 Å². The van der Waals surface area contributed by atoms with E-state index < -0.39 is 0 Å². The predicted molar refractivity (Wildman–Crippen MR) is 70.4 cm³/mol. The molecule has 6 heteroatoms. The van der Waals surface area contributed by atoms with Gasteiger partial charge in [0.1, 0.15) is 0 Å². The van der Waals surface area contributed by atoms with Crippen molar-refractivity contribution in [2.75, 3.05) is 18.1 Å². The summed E-state index contributed by atoms with van der Waals surface area (Å²) >= 11 is 3.61. The Morgan fingerprint density at radius 2 is 2.41 bits per heavy atom. The Kier molecular flexibility index (Phi) is 3.17. The molecule has 1 N–H and O–H groups in total. The molecule has 3 rings (SSSR count). The third-order valence-electron chi connectivity index (χ3n) is 2.62. The second-order valence-corrected chi connectivity index (χ2v) is 6.39. The van der Waals surface area contributed by atoms with E-state index in [1.54, 1.807) is 11.3 Å². The molecule has 1 aliphatic rings. The smallest absolute Gasteiger partial charge is 0.244 e. The highest BCUT2D eigenvalue weighted by Crippen LogP contribution is 2.27. The largest absolute Gasteiger partial charge is 0.337 e. The fourth-order valence-corrected chi connectivity index (χ4v) is 3.47. The average Bonchev–Trinajstić information content (AvgIpc) is 2.98. The van der Waals surface area contributed by atoms with Gasteiger partial charge in [-0.25, -0.2) is 0 Å². The van der Waals surface area contributed by atoms with Crippen LogP contribution < -0.4 is 5.32 Å². The number of hydrogen-bond acceptors (Lipinski definition) is 6. The van der Waals surface area contributed by atoms with Crippen LogP contribution in [0, 0.1) is 6.92 Å². The maximum Gasteiger partial charge on any atom is 0.244 e. The molecule has 1 aliphatic heterocycles. The molecule has 2 aromatic rings. The van der Waals surface area contributed by atoms with Gasteiger partial charge < -0.3 is 9.84 Å². The minimum Gasteiger partial charge on any atom is -0.337 e. The number of thioether (sulfide) groups is 1. The van der Waals surface area contributed by atoms with Gasteiger partial charge in [-0.1, -0.05) is 5.16 Å². The molecule has 0 aromatic carbocycles. The summed E-state index contributed by atoms with van der Waals surface area (Å²) in [6, 6.07) is 4.32. The SMILES string of the molecule is Cc1ccc(-c2noc(C3CSCCN3)n2)s1. The van der Waals surface area contributed by atoms with E-state index in [9.17, 15) is 0 Å². The summed E-state index contributed by atoms with van der Waals surface area (Å²) < 4.78 is 5.34. The van der Waals surface area contributed by atoms with E-state index in [0.29, 0.717) is 11.7 Å². The summed E-state index contributed by atoms with van der Waals surface area (Å²) in [6.45, 7) is 3.08. The minimum absolute atomic E-state index is 0.205. The summed E-state index contributed by atoms with van der Waals surface area (Å²) in [6.07, 6.45) is 0. The van der Waals surface area contributed by atoms with E-state index in [-0.39, 0.29) is 6.04 Å². The third-order valence-corrected chi connectivity index (χ3v) is 4.68. The first kappa shape index (κ1) is 11.3. The summed E-state index contributed by atoms with van der Waals surface area (Å²) in [4.78, 5) is 6.81. The highest BCUT2D eigenvalue weighted by molar-refractivity contribution is 7.99. The molecular weight excluding hydrogens is 254 g/mol. The summed E-state index contributed by atoms with van der Waals surface area (Å²) in [7, 11) is 0. The Morgan fingerprint density at radius 3 is 3.12 bits per heavy atom. The Morgan fingerprint density at radius 1 is 1.47 bits per heavy atom. The van der Waals surface area contributed by atoms with Crippen molar-refractivity contribution < 1.29 is 4.52 Å². The zero-order valence-corrected chi connectivity index (χ0v) is 11.1. The van der Waals surface area contributed by atoms with E-state index in [1.165, 1.54) is 4.88 Å². The lowest BCUT2D eigenvalue weighted by Gasteiger charge is -2.19. The molecule has 0 bridgehead atoms. The molecule has 90 valence electrons. The fourth-order valence-electron chi connectivity index (χ4n) is 1.76. The van der Waals surface area contributed by atoms with Gasteiger partial charge in [0.2, 0.25) is 11.7 Å². The van der Waals surface area contributed by atoms with Gasteiger partial charge in [-0.15, -0.1) is 11.3 Å². The molecule has 1 atom stereocenters. The van der Waals surface area contributed by atoms with Crippen LogP contribution in [-0.4, -0.2) is 28.2 Å². The molecule has 0 aliphatic carbocycles. The maximum atomic E-state index is 5.34. The normalized spacial score (nSPS) is 20.6. The van der Waals surface area contributed by atoms with E-state index in [4.69, 9.17) is 4.52 Å². The van der Waals surface area contributed by atoms with Crippen LogP contribution in [0.2, 0.25) is 0 Å². The molecule has 17 heavy (non-hydrogen) atoms. The van der Waals surface area contributed by atoms with E-state index in [1.807, 2.05) is 17.8 Å². The molecule has 2 aromatic heterocycles. The second-order valence-electron chi connectivity index (χ2n) is 3.95. The summed E-state index contributed by atoms with van der Waals surface area (Å²) in [5, 5.41) is 7.44. The number of thiophene rings is 1. The van der Waals surface area contributed by atoms with E-state index in [0.717, 1.165) is 22.9 Å². The summed E-state index contributed by atoms with van der Waals surface area (Å²) in [5.74, 6) is 3.57. The van der Waals surface area contributed by atoms with Crippen molar-refractivity contribution in [3.05, 3.63) is 22.9 Å². The van der Waals surface area contributed by atoms with Crippen molar-refractivity contribution in [1.29, 1.82) is 0 Å². The van der Waals surface area contributed by atoms with Crippen molar-refractivity contribution in [1.82, 2.24) is 15.5 Å². The molecule has 0 amide bonds. The molecule has 4 nitrogen and oxygen atoms in total. The lowest BCUT2D eigenvalue weighted by molar-refractivity contribution is 0.342. The molecule has 0 spiro atoms. The quantitative estimate of drug-likeness (QED) is 0.906. The zero-order valence-electron chi connectivity index (χ0n) is 9.47. The Hall–Kier alpha value is -0.850. The number of nitrogens with zero attached hydrogens (tertiary/aromatic N) is 2. The van der Waals surface area contributed by atoms with Crippen LogP contribution in [0.4, 0.5) is 0 Å². The maximum absolute atomic E-state index is 5.34. The number of rotatable bonds is 2. The topological polar surface area (TPSA) is 51.0 Å². The van der Waals surface area contributed by atoms with E-state index in [2.05, 4.69) is 28.4 Å². The van der Waals surface area contributed by atoms with Crippen LogP contribution in [0.25, 0.3) is 10.7 Å². The van der Waals surface area contributed by atoms with Gasteiger partial charge in [0.25, 0.3) is 0 Å². The van der Waals surface area contributed by atoms with Gasteiger partial charge in [-0.05, 0) is 19.1 Å². The van der Waals surface area contributed by atoms with E-state index >= 15 is 0 Å². The standard InChI is InChI=1S/C11H13N3OS2/c1-7-2-3-9(17-7)10-13-11(15-14-10)8-6-16-5-4-12-8/h2-3,8,12H,4-6H2,1H3. The third kappa shape index (κ3) is 2.38. The summed E-state index contributed by atoms with van der Waals surface area (Å²) in [5.41, 5.74) is 0. The highest BCUT2D eigenvalue weighted by Gasteiger charge is 2.21. The first-order valence-electron chi connectivity index (χ1n) is 5.54. The van der Waals surface area contributed by atoms with Crippen molar-refractivity contribution in [3.63, 3.8) is 0 Å². The number of nitrogens with one attached hydrogen (secondary N) is 1. The highest BCUT2D eigenvalue weighted by atomic mass is 32.2. The van der Waals surface area contributed by atoms with Crippen LogP contribution in [0.3, 0.4) is 0 Å². The fraction of sp³-hybridized carbons (Fsp3) is 0.455. The van der Waals surface area contributed by atoms with Gasteiger partial charge >= 0.3 is 0 Å². The van der Waals surface area contributed by atoms with Crippen LogP contribution in [0.15, 0.2) is 16.7 Å². The number of aromatic nitrogens is 2. The average molecular weight is 267 g/mol. The lowest BCUT2D eigenvalue weighted by atomic mass is 10.3. The molecule has 0 saturated carbocycles. The van der Waals surface area contributed by atoms with Gasteiger partial charge in [0.05, 0.1) is 10.9 Å². The van der Waals surface area contributed by atoms with Crippen molar-refractivity contribution in [2.24, 2.45) is 0 Å². The predicted octanol–water partition coefficient (Wildman–Crippen LogP) is 2.48. The molecular formula is C11H13N3OS2. The minimum atomic E-state index is 0.205. The molecule has 0 radical (unpaired) electrons. The number of hydrogen-bond donors (Lipinski definition) is 1. The Balaban J connectivity index is 1.82. The molecule has 3 heterocycles. The van der Waals surface area contributed by atoms with Crippen LogP contribution in [0.5, 0.6) is 0 Å². The van der Waals surface area contributed by atoms with Gasteiger partial charge in [0.15, 0.2) is 0 Å². The second kappa shape index (κ2) is 4.80. The number of aryl methyl sites for hydroxylation is 1. The molecule has 1 fully saturated rings. The Bertz CT molecular complexity index is 502. The van der Waals surface area contributed by atoms with Crippen molar-refractivity contribution >= 4 is 23.1 Å². The van der Waals surface area contributed by atoms with Gasteiger partial charge in [-0.2, -0.15) is 16.7 Å². The lowest BCUT2D eigenvalue weighted by Crippen LogP contribution is -2.30. The molecule has 1 unspecified atom stereocenters. The zero-order chi connectivity index (χ0) is 11.7. The monoisotopic (exact) mass is 267 g/mol.